The molecule has 0 bridgehead atoms. The Morgan fingerprint density at radius 3 is 2.21 bits per heavy atom. The maximum Gasteiger partial charge on any atom is 0.333 e. The molecule has 1 aliphatic heterocycles. The van der Waals surface area contributed by atoms with Crippen molar-refractivity contribution in [1.82, 2.24) is 0 Å². The van der Waals surface area contributed by atoms with Crippen LogP contribution in [0.25, 0.3) is 0 Å². The first-order valence-electron chi connectivity index (χ1n) is 5.19. The Morgan fingerprint density at radius 1 is 1.58 bits per heavy atom. The van der Waals surface area contributed by atoms with E-state index in [2.05, 4.69) is 19.7 Å². The molecule has 1 heterocycles. The second-order valence-electron chi connectivity index (χ2n) is 3.21. The maximum atomic E-state index is 10.7. The first-order valence-corrected chi connectivity index (χ1v) is 5.19. The monoisotopic (exact) mass is 267 g/mol. The third-order valence-electron chi connectivity index (χ3n) is 1.42. The molecule has 0 amide bonds. The standard InChI is InChI=1S/C7H10O3.C3H3N.C3H4O2/c1-5(2)7(8)10-4-6-3-9-6;1-2-3-4;1-2-3(4)5/h6H,1,3-4H2,2H3;2H,1H2;2H,1H2,(H,4,5). The zero-order valence-corrected chi connectivity index (χ0v) is 10.8. The van der Waals surface area contributed by atoms with Gasteiger partial charge in [0.2, 0.25) is 0 Å². The number of carboxylic acid groups (broad SMARTS) is 1. The molecule has 1 atom stereocenters. The van der Waals surface area contributed by atoms with Crippen molar-refractivity contribution in [1.29, 1.82) is 5.26 Å². The number of nitriles is 1. The number of nitrogens with zero attached hydrogens (tertiary/aromatic N) is 1. The lowest BCUT2D eigenvalue weighted by molar-refractivity contribution is -0.139. The summed E-state index contributed by atoms with van der Waals surface area (Å²) in [6.45, 7) is 12.2. The van der Waals surface area contributed by atoms with Crippen molar-refractivity contribution < 1.29 is 24.2 Å². The van der Waals surface area contributed by atoms with Gasteiger partial charge in [0.1, 0.15) is 12.7 Å². The molecule has 0 aromatic heterocycles. The largest absolute Gasteiger partial charge is 0.478 e. The predicted molar refractivity (Wildman–Crippen MR) is 69.2 cm³/mol. The van der Waals surface area contributed by atoms with Crippen LogP contribution in [-0.4, -0.2) is 36.4 Å². The Hall–Kier alpha value is -2.39. The Morgan fingerprint density at radius 2 is 2.00 bits per heavy atom. The van der Waals surface area contributed by atoms with Crippen molar-refractivity contribution >= 4 is 11.9 Å². The number of rotatable bonds is 4. The molecule has 6 nitrogen and oxygen atoms in total. The van der Waals surface area contributed by atoms with Gasteiger partial charge in [-0.1, -0.05) is 19.7 Å². The third-order valence-corrected chi connectivity index (χ3v) is 1.42. The SMILES string of the molecule is C=C(C)C(=O)OCC1CO1.C=CC#N.C=CC(=O)O. The molecule has 6 heteroatoms. The predicted octanol–water partition coefficient (Wildman–Crippen LogP) is 1.46. The molecule has 0 saturated carbocycles. The van der Waals surface area contributed by atoms with E-state index in [1.165, 1.54) is 6.08 Å². The van der Waals surface area contributed by atoms with Crippen molar-refractivity contribution in [2.45, 2.75) is 13.0 Å². The number of epoxide rings is 1. The molecule has 0 aromatic rings. The molecular formula is C13H17NO5. The van der Waals surface area contributed by atoms with Crippen LogP contribution in [0.4, 0.5) is 0 Å². The van der Waals surface area contributed by atoms with Crippen LogP contribution >= 0.6 is 0 Å². The van der Waals surface area contributed by atoms with Gasteiger partial charge in [-0.2, -0.15) is 5.26 Å². The highest BCUT2D eigenvalue weighted by Gasteiger charge is 2.24. The molecule has 1 aliphatic rings. The second-order valence-corrected chi connectivity index (χ2v) is 3.21. The average Bonchev–Trinajstić information content (AvgIpc) is 3.20. The molecule has 1 N–H and O–H groups in total. The van der Waals surface area contributed by atoms with E-state index in [4.69, 9.17) is 19.8 Å². The summed E-state index contributed by atoms with van der Waals surface area (Å²) in [5, 5.41) is 15.1. The summed E-state index contributed by atoms with van der Waals surface area (Å²) >= 11 is 0. The number of esters is 1. The van der Waals surface area contributed by atoms with Crippen molar-refractivity contribution in [3.8, 4) is 6.07 Å². The minimum absolute atomic E-state index is 0.142. The van der Waals surface area contributed by atoms with Crippen LogP contribution in [0.15, 0.2) is 37.5 Å². The Kier molecular flexibility index (Phi) is 12.1. The average molecular weight is 267 g/mol. The summed E-state index contributed by atoms with van der Waals surface area (Å²) in [5.41, 5.74) is 0.431. The molecule has 1 unspecified atom stereocenters. The number of carbonyl (C=O) groups excluding carboxylic acids is 1. The summed E-state index contributed by atoms with van der Waals surface area (Å²) in [6.07, 6.45) is 2.16. The fourth-order valence-corrected chi connectivity index (χ4v) is 0.456. The normalized spacial score (nSPS) is 14.0. The number of carbonyl (C=O) groups is 2. The fourth-order valence-electron chi connectivity index (χ4n) is 0.456. The van der Waals surface area contributed by atoms with Gasteiger partial charge in [-0.3, -0.25) is 0 Å². The summed E-state index contributed by atoms with van der Waals surface area (Å²) in [4.78, 5) is 19.9. The van der Waals surface area contributed by atoms with Crippen molar-refractivity contribution in [3.05, 3.63) is 37.5 Å². The van der Waals surface area contributed by atoms with Crippen molar-refractivity contribution in [2.24, 2.45) is 0 Å². The van der Waals surface area contributed by atoms with E-state index in [0.29, 0.717) is 18.8 Å². The summed E-state index contributed by atoms with van der Waals surface area (Å²) in [5.74, 6) is -1.32. The van der Waals surface area contributed by atoms with Gasteiger partial charge in [0.25, 0.3) is 0 Å². The molecule has 104 valence electrons. The molecule has 0 radical (unpaired) electrons. The van der Waals surface area contributed by atoms with Crippen molar-refractivity contribution in [3.63, 3.8) is 0 Å². The van der Waals surface area contributed by atoms with Gasteiger partial charge in [-0.05, 0) is 6.92 Å². The third kappa shape index (κ3) is 18.2. The number of hydrogen-bond donors (Lipinski definition) is 1. The molecule has 1 saturated heterocycles. The Balaban J connectivity index is 0. The Bertz CT molecular complexity index is 377. The highest BCUT2D eigenvalue weighted by Crippen LogP contribution is 2.09. The van der Waals surface area contributed by atoms with Gasteiger partial charge in [0, 0.05) is 17.7 Å². The number of aliphatic carboxylic acids is 1. The number of allylic oxidation sites excluding steroid dienone is 1. The van der Waals surface area contributed by atoms with Gasteiger partial charge in [-0.25, -0.2) is 9.59 Å². The van der Waals surface area contributed by atoms with E-state index >= 15 is 0 Å². The van der Waals surface area contributed by atoms with E-state index in [-0.39, 0.29) is 12.1 Å². The lowest BCUT2D eigenvalue weighted by Crippen LogP contribution is -2.09. The van der Waals surface area contributed by atoms with Crippen molar-refractivity contribution in [2.75, 3.05) is 13.2 Å². The first kappa shape index (κ1) is 19.0. The zero-order valence-electron chi connectivity index (χ0n) is 10.8. The van der Waals surface area contributed by atoms with Crippen LogP contribution in [-0.2, 0) is 19.1 Å². The number of ether oxygens (including phenoxy) is 2. The lowest BCUT2D eigenvalue weighted by atomic mass is 10.4. The summed E-state index contributed by atoms with van der Waals surface area (Å²) < 4.78 is 9.60. The fraction of sp³-hybridized carbons (Fsp3) is 0.308. The Labute approximate surface area is 112 Å². The minimum Gasteiger partial charge on any atom is -0.478 e. The van der Waals surface area contributed by atoms with Crippen LogP contribution < -0.4 is 0 Å². The van der Waals surface area contributed by atoms with Crippen LogP contribution in [0.2, 0.25) is 0 Å². The van der Waals surface area contributed by atoms with E-state index in [0.717, 1.165) is 6.08 Å². The van der Waals surface area contributed by atoms with Gasteiger partial charge in [0.15, 0.2) is 0 Å². The number of hydrogen-bond acceptors (Lipinski definition) is 5. The van der Waals surface area contributed by atoms with E-state index in [1.54, 1.807) is 13.0 Å². The summed E-state index contributed by atoms with van der Waals surface area (Å²) in [6, 6.07) is 1.69. The molecule has 1 rings (SSSR count). The highest BCUT2D eigenvalue weighted by atomic mass is 16.6. The van der Waals surface area contributed by atoms with E-state index in [9.17, 15) is 9.59 Å². The van der Waals surface area contributed by atoms with E-state index < -0.39 is 5.97 Å². The maximum absolute atomic E-state index is 10.7. The topological polar surface area (TPSA) is 99.9 Å². The smallest absolute Gasteiger partial charge is 0.333 e. The molecule has 0 aliphatic carbocycles. The first-order chi connectivity index (χ1) is 8.88. The molecule has 0 spiro atoms. The molecule has 1 fully saturated rings. The molecule has 19 heavy (non-hydrogen) atoms. The number of carboxylic acids is 1. The van der Waals surface area contributed by atoms with Gasteiger partial charge >= 0.3 is 11.9 Å². The van der Waals surface area contributed by atoms with Gasteiger partial charge in [-0.15, -0.1) is 0 Å². The lowest BCUT2D eigenvalue weighted by Gasteiger charge is -1.99. The van der Waals surface area contributed by atoms with Gasteiger partial charge in [0.05, 0.1) is 12.7 Å². The van der Waals surface area contributed by atoms with Crippen LogP contribution in [0.5, 0.6) is 0 Å². The molecule has 0 aromatic carbocycles. The summed E-state index contributed by atoms with van der Waals surface area (Å²) in [7, 11) is 0. The van der Waals surface area contributed by atoms with Crippen LogP contribution in [0, 0.1) is 11.3 Å². The second kappa shape index (κ2) is 12.1. The van der Waals surface area contributed by atoms with Crippen LogP contribution in [0.3, 0.4) is 0 Å². The highest BCUT2D eigenvalue weighted by molar-refractivity contribution is 5.86. The van der Waals surface area contributed by atoms with Crippen LogP contribution in [0.1, 0.15) is 6.92 Å². The minimum atomic E-state index is -0.981. The van der Waals surface area contributed by atoms with Gasteiger partial charge < -0.3 is 14.6 Å². The molecular weight excluding hydrogens is 250 g/mol. The quantitative estimate of drug-likeness (QED) is 0.358. The zero-order chi connectivity index (χ0) is 15.3. The van der Waals surface area contributed by atoms with E-state index in [1.807, 2.05) is 0 Å².